The maximum atomic E-state index is 13.1. The van der Waals surface area contributed by atoms with Crippen molar-refractivity contribution in [3.05, 3.63) is 71.8 Å². The van der Waals surface area contributed by atoms with Gasteiger partial charge in [0.2, 0.25) is 11.7 Å². The van der Waals surface area contributed by atoms with Crippen molar-refractivity contribution in [3.63, 3.8) is 0 Å². The van der Waals surface area contributed by atoms with Gasteiger partial charge in [0.25, 0.3) is 5.91 Å². The van der Waals surface area contributed by atoms with Crippen molar-refractivity contribution in [3.8, 4) is 22.6 Å². The maximum Gasteiger partial charge on any atom is 0.259 e. The maximum absolute atomic E-state index is 13.1. The normalized spacial score (nSPS) is 11.3. The van der Waals surface area contributed by atoms with Crippen molar-refractivity contribution >= 4 is 17.1 Å². The summed E-state index contributed by atoms with van der Waals surface area (Å²) in [6.45, 7) is 3.50. The number of benzene rings is 1. The number of fused-ring (bicyclic) bond motifs is 1. The monoisotopic (exact) mass is 443 g/mol. The first-order chi connectivity index (χ1) is 15.9. The van der Waals surface area contributed by atoms with Gasteiger partial charge in [-0.25, -0.2) is 9.50 Å². The number of aromatic nitrogens is 6. The number of nitrogens with zero attached hydrogens (tertiary/aromatic N) is 6. The van der Waals surface area contributed by atoms with Crippen LogP contribution in [-0.4, -0.2) is 40.3 Å². The van der Waals surface area contributed by atoms with Crippen molar-refractivity contribution in [1.82, 2.24) is 29.3 Å². The van der Waals surface area contributed by atoms with Crippen LogP contribution in [0, 0.1) is 13.8 Å². The molecule has 10 heteroatoms. The topological polar surface area (TPSA) is 123 Å². The molecular weight excluding hydrogens is 422 g/mol. The summed E-state index contributed by atoms with van der Waals surface area (Å²) >= 11 is 0. The van der Waals surface area contributed by atoms with E-state index in [1.165, 1.54) is 6.20 Å². The van der Waals surface area contributed by atoms with Gasteiger partial charge in [0.05, 0.1) is 23.0 Å². The Labute approximate surface area is 188 Å². The van der Waals surface area contributed by atoms with Gasteiger partial charge in [-0.3, -0.25) is 4.79 Å². The Morgan fingerprint density at radius 1 is 1.12 bits per heavy atom. The number of imidazole rings is 1. The van der Waals surface area contributed by atoms with Gasteiger partial charge in [0.1, 0.15) is 12.4 Å². The summed E-state index contributed by atoms with van der Waals surface area (Å²) in [6.07, 6.45) is 5.18. The van der Waals surface area contributed by atoms with Crippen molar-refractivity contribution < 1.29 is 14.4 Å². The lowest BCUT2D eigenvalue weighted by molar-refractivity contribution is 0.102. The van der Waals surface area contributed by atoms with Crippen LogP contribution in [0.2, 0.25) is 0 Å². The molecular formula is C23H21N7O3. The minimum atomic E-state index is -0.275. The molecule has 10 nitrogen and oxygen atoms in total. The highest BCUT2D eigenvalue weighted by atomic mass is 16.5. The molecule has 4 heterocycles. The Morgan fingerprint density at radius 3 is 2.67 bits per heavy atom. The van der Waals surface area contributed by atoms with E-state index in [0.29, 0.717) is 40.0 Å². The van der Waals surface area contributed by atoms with Crippen molar-refractivity contribution in [2.24, 2.45) is 7.05 Å². The zero-order valence-electron chi connectivity index (χ0n) is 18.3. The lowest BCUT2D eigenvalue weighted by Gasteiger charge is -2.09. The number of amides is 1. The van der Waals surface area contributed by atoms with E-state index in [0.717, 1.165) is 16.7 Å². The predicted octanol–water partition coefficient (Wildman–Crippen LogP) is 3.15. The van der Waals surface area contributed by atoms with Crippen molar-refractivity contribution in [1.29, 1.82) is 0 Å². The second kappa shape index (κ2) is 7.99. The first-order valence-electron chi connectivity index (χ1n) is 10.3. The van der Waals surface area contributed by atoms with Crippen LogP contribution in [0.4, 0.5) is 5.69 Å². The fourth-order valence-electron chi connectivity index (χ4n) is 3.60. The molecule has 0 bridgehead atoms. The molecule has 33 heavy (non-hydrogen) atoms. The van der Waals surface area contributed by atoms with Gasteiger partial charge in [-0.05, 0) is 30.7 Å². The van der Waals surface area contributed by atoms with Gasteiger partial charge in [0.15, 0.2) is 0 Å². The smallest absolute Gasteiger partial charge is 0.259 e. The number of anilines is 1. The molecule has 0 atom stereocenters. The van der Waals surface area contributed by atoms with Crippen molar-refractivity contribution in [2.75, 3.05) is 5.32 Å². The summed E-state index contributed by atoms with van der Waals surface area (Å²) in [4.78, 5) is 21.7. The Balaban J connectivity index is 1.43. The van der Waals surface area contributed by atoms with E-state index in [-0.39, 0.29) is 12.5 Å². The summed E-state index contributed by atoms with van der Waals surface area (Å²) in [5, 5.41) is 20.6. The third kappa shape index (κ3) is 3.76. The lowest BCUT2D eigenvalue weighted by atomic mass is 10.1. The van der Waals surface area contributed by atoms with Crippen LogP contribution < -0.4 is 5.32 Å². The van der Waals surface area contributed by atoms with E-state index < -0.39 is 0 Å². The number of aliphatic hydroxyl groups is 1. The highest BCUT2D eigenvalue weighted by molar-refractivity contribution is 6.09. The Morgan fingerprint density at radius 2 is 1.94 bits per heavy atom. The molecule has 0 saturated carbocycles. The fraction of sp³-hybridized carbons (Fsp3) is 0.174. The van der Waals surface area contributed by atoms with Crippen molar-refractivity contribution in [2.45, 2.75) is 20.5 Å². The van der Waals surface area contributed by atoms with Crippen LogP contribution in [0.3, 0.4) is 0 Å². The number of nitrogens with one attached hydrogen (secondary N) is 1. The number of hydrogen-bond donors (Lipinski definition) is 2. The molecule has 0 saturated heterocycles. The summed E-state index contributed by atoms with van der Waals surface area (Å²) in [7, 11) is 1.83. The Bertz CT molecular complexity index is 1500. The largest absolute Gasteiger partial charge is 0.388 e. The van der Waals surface area contributed by atoms with Gasteiger partial charge >= 0.3 is 0 Å². The molecule has 5 aromatic rings. The molecule has 4 aromatic heterocycles. The SMILES string of the molecule is Cc1nc(-c2ccc(C)c(NC(=O)c3cnn4cc(-c5cn(C)c(CO)n5)ccc34)c2)no1. The van der Waals surface area contributed by atoms with E-state index in [4.69, 9.17) is 4.52 Å². The Kier molecular flexibility index (Phi) is 4.98. The van der Waals surface area contributed by atoms with E-state index in [1.807, 2.05) is 50.5 Å². The van der Waals surface area contributed by atoms with Gasteiger partial charge in [-0.15, -0.1) is 0 Å². The molecule has 0 unspecified atom stereocenters. The molecule has 0 fully saturated rings. The summed E-state index contributed by atoms with van der Waals surface area (Å²) in [6, 6.07) is 9.30. The zero-order valence-corrected chi connectivity index (χ0v) is 18.3. The number of aliphatic hydroxyl groups excluding tert-OH is 1. The highest BCUT2D eigenvalue weighted by Crippen LogP contribution is 2.25. The van der Waals surface area contributed by atoms with Crippen LogP contribution in [-0.2, 0) is 13.7 Å². The third-order valence-corrected chi connectivity index (χ3v) is 5.44. The predicted molar refractivity (Wildman–Crippen MR) is 120 cm³/mol. The molecule has 5 rings (SSSR count). The van der Waals surface area contributed by atoms with E-state index in [9.17, 15) is 9.90 Å². The second-order valence-corrected chi connectivity index (χ2v) is 7.74. The number of rotatable bonds is 5. The number of hydrogen-bond acceptors (Lipinski definition) is 7. The highest BCUT2D eigenvalue weighted by Gasteiger charge is 2.16. The molecule has 0 aliphatic heterocycles. The quantitative estimate of drug-likeness (QED) is 0.428. The fourth-order valence-corrected chi connectivity index (χ4v) is 3.60. The van der Waals surface area contributed by atoms with E-state index in [1.54, 1.807) is 22.2 Å². The summed E-state index contributed by atoms with van der Waals surface area (Å²) in [5.41, 5.74) is 4.95. The molecule has 2 N–H and O–H groups in total. The average Bonchev–Trinajstić information content (AvgIpc) is 3.52. The number of pyridine rings is 1. The van der Waals surface area contributed by atoms with Crippen LogP contribution in [0.1, 0.15) is 27.6 Å². The van der Waals surface area contributed by atoms with Gasteiger partial charge in [-0.2, -0.15) is 10.1 Å². The number of carbonyl (C=O) groups excluding carboxylic acids is 1. The molecule has 0 aliphatic carbocycles. The first kappa shape index (κ1) is 20.6. The van der Waals surface area contributed by atoms with Gasteiger partial charge in [-0.1, -0.05) is 17.3 Å². The van der Waals surface area contributed by atoms with Crippen LogP contribution >= 0.6 is 0 Å². The molecule has 1 aromatic carbocycles. The molecule has 0 aliphatic rings. The van der Waals surface area contributed by atoms with Crippen LogP contribution in [0.5, 0.6) is 0 Å². The van der Waals surface area contributed by atoms with Gasteiger partial charge < -0.3 is 19.5 Å². The summed E-state index contributed by atoms with van der Waals surface area (Å²) < 4.78 is 8.47. The standard InChI is InChI=1S/C23H21N7O3/c1-13-4-5-15(22-25-14(2)33-28-22)8-18(13)27-23(32)17-9-24-30-10-16(6-7-20(17)30)19-11-29(3)21(12-31)26-19/h4-11,31H,12H2,1-3H3,(H,27,32). The Hall–Kier alpha value is -4.31. The third-order valence-electron chi connectivity index (χ3n) is 5.44. The molecule has 0 radical (unpaired) electrons. The summed E-state index contributed by atoms with van der Waals surface area (Å²) in [5.74, 6) is 1.23. The minimum Gasteiger partial charge on any atom is -0.388 e. The second-order valence-electron chi connectivity index (χ2n) is 7.74. The molecule has 1 amide bonds. The first-order valence-corrected chi connectivity index (χ1v) is 10.3. The van der Waals surface area contributed by atoms with Crippen LogP contribution in [0.25, 0.3) is 28.2 Å². The lowest BCUT2D eigenvalue weighted by Crippen LogP contribution is -2.12. The molecule has 0 spiro atoms. The number of carbonyl (C=O) groups is 1. The van der Waals surface area contributed by atoms with E-state index in [2.05, 4.69) is 25.5 Å². The molecule has 166 valence electrons. The zero-order chi connectivity index (χ0) is 23.1. The van der Waals surface area contributed by atoms with Gasteiger partial charge in [0, 0.05) is 43.2 Å². The van der Waals surface area contributed by atoms with E-state index >= 15 is 0 Å². The average molecular weight is 443 g/mol. The number of aryl methyl sites for hydroxylation is 3. The van der Waals surface area contributed by atoms with Crippen LogP contribution in [0.15, 0.2) is 53.4 Å². The minimum absolute atomic E-state index is 0.141.